The molecule has 3 nitrogen and oxygen atoms in total. The molecule has 0 aliphatic rings. The molecule has 0 saturated carbocycles. The summed E-state index contributed by atoms with van der Waals surface area (Å²) in [7, 11) is -2.54. The Morgan fingerprint density at radius 3 is 1.55 bits per heavy atom. The predicted octanol–water partition coefficient (Wildman–Crippen LogP) is 3.86. The average Bonchev–Trinajstić information content (AvgIpc) is 2.45. The number of azide groups is 1. The Kier molecular flexibility index (Phi) is 3.98. The Morgan fingerprint density at radius 2 is 1.25 bits per heavy atom. The van der Waals surface area contributed by atoms with Crippen molar-refractivity contribution in [3.05, 3.63) is 71.1 Å². The largest absolute Gasteiger partial charge is 0.222 e. The fourth-order valence-electron chi connectivity index (χ4n) is 2.72. The van der Waals surface area contributed by atoms with Gasteiger partial charge in [0, 0.05) is 0 Å². The van der Waals surface area contributed by atoms with E-state index in [1.54, 1.807) is 0 Å². The van der Waals surface area contributed by atoms with Crippen LogP contribution in [0, 0.1) is 0 Å². The van der Waals surface area contributed by atoms with Gasteiger partial charge < -0.3 is 0 Å². The third-order valence-electron chi connectivity index (χ3n) is 3.66. The smallest absolute Gasteiger partial charge is 0.112 e. The van der Waals surface area contributed by atoms with Crippen LogP contribution in [-0.2, 0) is 0 Å². The standard InChI is InChI=1S/C16H19N3Si/c1-16(2,3)20(19-18-17,14-10-6-4-7-11-14)15-12-8-5-9-13-15/h4-13H,1-3H3. The normalized spacial score (nSPS) is 11.8. The maximum Gasteiger partial charge on any atom is 0.222 e. The van der Waals surface area contributed by atoms with E-state index in [2.05, 4.69) is 54.7 Å². The van der Waals surface area contributed by atoms with Crippen molar-refractivity contribution in [2.75, 3.05) is 0 Å². The van der Waals surface area contributed by atoms with E-state index in [0.717, 1.165) is 10.4 Å². The lowest BCUT2D eigenvalue weighted by Crippen LogP contribution is -2.62. The summed E-state index contributed by atoms with van der Waals surface area (Å²) in [6.45, 7) is 6.48. The molecule has 102 valence electrons. The Hall–Kier alpha value is -2.03. The molecule has 0 spiro atoms. The highest BCUT2D eigenvalue weighted by Crippen LogP contribution is 2.36. The molecule has 2 rings (SSSR count). The molecule has 0 bridgehead atoms. The lowest BCUT2D eigenvalue weighted by molar-refractivity contribution is 0.729. The third-order valence-corrected chi connectivity index (χ3v) is 8.56. The van der Waals surface area contributed by atoms with Gasteiger partial charge in [0.25, 0.3) is 0 Å². The van der Waals surface area contributed by atoms with Crippen LogP contribution < -0.4 is 10.4 Å². The van der Waals surface area contributed by atoms with E-state index in [1.165, 1.54) is 0 Å². The van der Waals surface area contributed by atoms with Crippen LogP contribution in [0.2, 0.25) is 5.04 Å². The first-order valence-corrected chi connectivity index (χ1v) is 8.64. The number of benzene rings is 2. The molecular weight excluding hydrogens is 262 g/mol. The molecule has 0 unspecified atom stereocenters. The summed E-state index contributed by atoms with van der Waals surface area (Å²) in [6.07, 6.45) is 0. The van der Waals surface area contributed by atoms with Gasteiger partial charge in [-0.25, -0.2) is 0 Å². The predicted molar refractivity (Wildman–Crippen MR) is 86.8 cm³/mol. The van der Waals surface area contributed by atoms with Crippen LogP contribution >= 0.6 is 0 Å². The molecular formula is C16H19N3Si. The molecule has 0 atom stereocenters. The van der Waals surface area contributed by atoms with E-state index >= 15 is 0 Å². The quantitative estimate of drug-likeness (QED) is 0.355. The molecule has 0 aliphatic carbocycles. The SMILES string of the molecule is CC(C)(C)[Si](N=[N+]=[N-])(c1ccccc1)c1ccccc1. The summed E-state index contributed by atoms with van der Waals surface area (Å²) in [5.41, 5.74) is 9.18. The minimum Gasteiger partial charge on any atom is -0.112 e. The highest BCUT2D eigenvalue weighted by atomic mass is 28.3. The van der Waals surface area contributed by atoms with Crippen LogP contribution in [-0.4, -0.2) is 8.24 Å². The van der Waals surface area contributed by atoms with Gasteiger partial charge in [-0.15, -0.1) is 4.78 Å². The molecule has 4 heteroatoms. The second kappa shape index (κ2) is 5.53. The van der Waals surface area contributed by atoms with Gasteiger partial charge in [-0.05, 0) is 25.9 Å². The van der Waals surface area contributed by atoms with E-state index in [9.17, 15) is 5.53 Å². The third kappa shape index (κ3) is 2.36. The first-order chi connectivity index (χ1) is 9.52. The van der Waals surface area contributed by atoms with Crippen molar-refractivity contribution in [3.63, 3.8) is 0 Å². The molecule has 2 aromatic carbocycles. The summed E-state index contributed by atoms with van der Waals surface area (Å²) in [5.74, 6) is 0. The zero-order chi connectivity index (χ0) is 14.6. The van der Waals surface area contributed by atoms with Gasteiger partial charge in [-0.3, -0.25) is 0 Å². The Labute approximate surface area is 121 Å². The Bertz CT molecular complexity index is 572. The molecule has 0 radical (unpaired) electrons. The van der Waals surface area contributed by atoms with Crippen molar-refractivity contribution in [1.82, 2.24) is 0 Å². The lowest BCUT2D eigenvalue weighted by Gasteiger charge is -2.39. The van der Waals surface area contributed by atoms with Crippen molar-refractivity contribution >= 4 is 18.6 Å². The summed E-state index contributed by atoms with van der Waals surface area (Å²) in [6, 6.07) is 20.4. The molecule has 0 N–H and O–H groups in total. The zero-order valence-electron chi connectivity index (χ0n) is 12.1. The highest BCUT2D eigenvalue weighted by Gasteiger charge is 2.47. The topological polar surface area (TPSA) is 48.8 Å². The number of hydrogen-bond donors (Lipinski definition) is 0. The molecule has 0 aromatic heterocycles. The second-order valence-electron chi connectivity index (χ2n) is 5.88. The summed E-state index contributed by atoms with van der Waals surface area (Å²) in [4.78, 5) is 3.21. The molecule has 0 saturated heterocycles. The first-order valence-electron chi connectivity index (χ1n) is 6.69. The van der Waals surface area contributed by atoms with Gasteiger partial charge in [0.15, 0.2) is 0 Å². The van der Waals surface area contributed by atoms with Crippen LogP contribution in [0.15, 0.2) is 65.4 Å². The minimum absolute atomic E-state index is 0.109. The molecule has 0 fully saturated rings. The highest BCUT2D eigenvalue weighted by molar-refractivity contribution is 7.02. The Morgan fingerprint density at radius 1 is 0.850 bits per heavy atom. The molecule has 20 heavy (non-hydrogen) atoms. The fraction of sp³-hybridized carbons (Fsp3) is 0.250. The van der Waals surface area contributed by atoms with Crippen LogP contribution in [0.4, 0.5) is 0 Å². The minimum atomic E-state index is -2.54. The van der Waals surface area contributed by atoms with Crippen molar-refractivity contribution in [2.45, 2.75) is 25.8 Å². The van der Waals surface area contributed by atoms with Crippen molar-refractivity contribution in [1.29, 1.82) is 0 Å². The monoisotopic (exact) mass is 281 g/mol. The molecule has 2 aromatic rings. The maximum absolute atomic E-state index is 9.18. The van der Waals surface area contributed by atoms with Crippen LogP contribution in [0.1, 0.15) is 20.8 Å². The summed E-state index contributed by atoms with van der Waals surface area (Å²) < 4.78 is 4.39. The van der Waals surface area contributed by atoms with Gasteiger partial charge in [0.2, 0.25) is 8.24 Å². The van der Waals surface area contributed by atoms with Crippen molar-refractivity contribution < 1.29 is 0 Å². The first kappa shape index (κ1) is 14.4. The van der Waals surface area contributed by atoms with E-state index in [0.29, 0.717) is 0 Å². The van der Waals surface area contributed by atoms with E-state index in [1.807, 2.05) is 36.4 Å². The number of nitrogens with zero attached hydrogens (tertiary/aromatic N) is 3. The van der Waals surface area contributed by atoms with E-state index in [4.69, 9.17) is 0 Å². The van der Waals surface area contributed by atoms with Gasteiger partial charge in [0.05, 0.1) is 0 Å². The summed E-state index contributed by atoms with van der Waals surface area (Å²) >= 11 is 0. The lowest BCUT2D eigenvalue weighted by atomic mass is 10.2. The van der Waals surface area contributed by atoms with E-state index < -0.39 is 8.24 Å². The van der Waals surface area contributed by atoms with Crippen molar-refractivity contribution in [2.24, 2.45) is 4.78 Å². The average molecular weight is 281 g/mol. The number of rotatable bonds is 3. The van der Waals surface area contributed by atoms with Gasteiger partial charge in [0.1, 0.15) is 0 Å². The maximum atomic E-state index is 9.18. The van der Waals surface area contributed by atoms with Crippen molar-refractivity contribution in [3.8, 4) is 0 Å². The van der Waals surface area contributed by atoms with Crippen LogP contribution in [0.25, 0.3) is 10.4 Å². The molecule has 0 amide bonds. The zero-order valence-corrected chi connectivity index (χ0v) is 13.1. The van der Waals surface area contributed by atoms with Gasteiger partial charge >= 0.3 is 0 Å². The molecule has 0 heterocycles. The van der Waals surface area contributed by atoms with Gasteiger partial charge in [-0.2, -0.15) is 0 Å². The Balaban J connectivity index is 2.81. The van der Waals surface area contributed by atoms with Crippen LogP contribution in [0.3, 0.4) is 0 Å². The van der Waals surface area contributed by atoms with E-state index in [-0.39, 0.29) is 5.04 Å². The number of hydrogen-bond acceptors (Lipinski definition) is 1. The van der Waals surface area contributed by atoms with Crippen LogP contribution in [0.5, 0.6) is 0 Å². The molecule has 0 aliphatic heterocycles. The second-order valence-corrected chi connectivity index (χ2v) is 10.2. The summed E-state index contributed by atoms with van der Waals surface area (Å²) in [5, 5.41) is 2.19. The fourth-order valence-corrected chi connectivity index (χ4v) is 6.80. The van der Waals surface area contributed by atoms with Gasteiger partial charge in [-0.1, -0.05) is 81.4 Å².